The van der Waals surface area contributed by atoms with Gasteiger partial charge in [-0.3, -0.25) is 4.68 Å². The molecule has 0 spiro atoms. The van der Waals surface area contributed by atoms with Gasteiger partial charge in [-0.05, 0) is 19.4 Å². The standard InChI is InChI=1S/C13H26N4O2S/c1-5-12(6-2)16(4)20(18,19)13-10-15-17(11-13)9-8-14-7-3/h10-12,14H,5-9H2,1-4H3. The minimum Gasteiger partial charge on any atom is -0.315 e. The summed E-state index contributed by atoms with van der Waals surface area (Å²) in [7, 11) is -1.80. The molecule has 6 nitrogen and oxygen atoms in total. The molecule has 1 heterocycles. The molecule has 0 unspecified atom stereocenters. The van der Waals surface area contributed by atoms with Crippen molar-refractivity contribution in [3.63, 3.8) is 0 Å². The number of aromatic nitrogens is 2. The van der Waals surface area contributed by atoms with Gasteiger partial charge in [-0.15, -0.1) is 0 Å². The van der Waals surface area contributed by atoms with E-state index in [0.29, 0.717) is 6.54 Å². The van der Waals surface area contributed by atoms with E-state index in [1.54, 1.807) is 17.9 Å². The molecular formula is C13H26N4O2S. The molecule has 7 heteroatoms. The third-order valence-electron chi connectivity index (χ3n) is 3.51. The fraction of sp³-hybridized carbons (Fsp3) is 0.769. The van der Waals surface area contributed by atoms with E-state index < -0.39 is 10.0 Å². The highest BCUT2D eigenvalue weighted by Crippen LogP contribution is 2.18. The van der Waals surface area contributed by atoms with Crippen LogP contribution in [0.4, 0.5) is 0 Å². The molecule has 0 fully saturated rings. The van der Waals surface area contributed by atoms with Crippen LogP contribution in [0.15, 0.2) is 17.3 Å². The minimum absolute atomic E-state index is 0.0325. The molecule has 0 aliphatic heterocycles. The topological polar surface area (TPSA) is 67.2 Å². The van der Waals surface area contributed by atoms with Crippen LogP contribution < -0.4 is 5.32 Å². The number of hydrogen-bond donors (Lipinski definition) is 1. The summed E-state index contributed by atoms with van der Waals surface area (Å²) in [5, 5.41) is 7.30. The molecule has 0 saturated heterocycles. The summed E-state index contributed by atoms with van der Waals surface area (Å²) < 4.78 is 28.1. The minimum atomic E-state index is -3.44. The average Bonchev–Trinajstić information content (AvgIpc) is 2.90. The molecular weight excluding hydrogens is 276 g/mol. The Labute approximate surface area is 122 Å². The second-order valence-corrected chi connectivity index (χ2v) is 6.78. The first-order valence-electron chi connectivity index (χ1n) is 7.18. The Morgan fingerprint density at radius 1 is 1.35 bits per heavy atom. The maximum absolute atomic E-state index is 12.5. The van der Waals surface area contributed by atoms with Gasteiger partial charge in [-0.2, -0.15) is 9.40 Å². The summed E-state index contributed by atoms with van der Waals surface area (Å²) in [6, 6.07) is 0.0325. The van der Waals surface area contributed by atoms with Crippen molar-refractivity contribution in [2.24, 2.45) is 0 Å². The van der Waals surface area contributed by atoms with Gasteiger partial charge < -0.3 is 5.32 Å². The monoisotopic (exact) mass is 302 g/mol. The van der Waals surface area contributed by atoms with Crippen LogP contribution in [0.2, 0.25) is 0 Å². The Morgan fingerprint density at radius 3 is 2.55 bits per heavy atom. The molecule has 0 aliphatic carbocycles. The first-order valence-corrected chi connectivity index (χ1v) is 8.62. The largest absolute Gasteiger partial charge is 0.315 e. The third-order valence-corrected chi connectivity index (χ3v) is 5.37. The highest BCUT2D eigenvalue weighted by molar-refractivity contribution is 7.89. The summed E-state index contributed by atoms with van der Waals surface area (Å²) in [6.45, 7) is 8.37. The Balaban J connectivity index is 2.82. The molecule has 1 aromatic rings. The zero-order valence-electron chi connectivity index (χ0n) is 12.8. The van der Waals surface area contributed by atoms with E-state index in [0.717, 1.165) is 25.9 Å². The molecule has 0 aromatic carbocycles. The zero-order chi connectivity index (χ0) is 15.2. The van der Waals surface area contributed by atoms with E-state index in [4.69, 9.17) is 0 Å². The highest BCUT2D eigenvalue weighted by atomic mass is 32.2. The lowest BCUT2D eigenvalue weighted by Gasteiger charge is -2.24. The van der Waals surface area contributed by atoms with Gasteiger partial charge in [-0.25, -0.2) is 8.42 Å². The second-order valence-electron chi connectivity index (χ2n) is 4.78. The van der Waals surface area contributed by atoms with Gasteiger partial charge in [0.05, 0.1) is 12.7 Å². The van der Waals surface area contributed by atoms with Crippen molar-refractivity contribution >= 4 is 10.0 Å². The van der Waals surface area contributed by atoms with Crippen LogP contribution in [0.1, 0.15) is 33.6 Å². The van der Waals surface area contributed by atoms with Crippen molar-refractivity contribution in [2.75, 3.05) is 20.1 Å². The normalized spacial score (nSPS) is 12.5. The lowest BCUT2D eigenvalue weighted by Crippen LogP contribution is -2.36. The second kappa shape index (κ2) is 7.75. The molecule has 0 amide bonds. The average molecular weight is 302 g/mol. The number of nitrogens with one attached hydrogen (secondary N) is 1. The summed E-state index contributed by atoms with van der Waals surface area (Å²) in [6.07, 6.45) is 4.65. The number of sulfonamides is 1. The number of nitrogens with zero attached hydrogens (tertiary/aromatic N) is 3. The summed E-state index contributed by atoms with van der Waals surface area (Å²) >= 11 is 0. The zero-order valence-corrected chi connectivity index (χ0v) is 13.7. The molecule has 20 heavy (non-hydrogen) atoms. The Bertz CT molecular complexity index is 494. The van der Waals surface area contributed by atoms with Crippen molar-refractivity contribution in [1.82, 2.24) is 19.4 Å². The summed E-state index contributed by atoms with van der Waals surface area (Å²) in [4.78, 5) is 0.267. The maximum Gasteiger partial charge on any atom is 0.246 e. The Morgan fingerprint density at radius 2 is 2.00 bits per heavy atom. The molecule has 0 saturated carbocycles. The molecule has 116 valence electrons. The highest BCUT2D eigenvalue weighted by Gasteiger charge is 2.27. The maximum atomic E-state index is 12.5. The lowest BCUT2D eigenvalue weighted by atomic mass is 10.2. The molecule has 1 aromatic heterocycles. The van der Waals surface area contributed by atoms with E-state index in [1.807, 2.05) is 20.8 Å². The smallest absolute Gasteiger partial charge is 0.246 e. The SMILES string of the molecule is CCNCCn1cc(S(=O)(=O)N(C)C(CC)CC)cn1. The van der Waals surface area contributed by atoms with E-state index >= 15 is 0 Å². The lowest BCUT2D eigenvalue weighted by molar-refractivity contribution is 0.349. The summed E-state index contributed by atoms with van der Waals surface area (Å²) in [5.41, 5.74) is 0. The van der Waals surface area contributed by atoms with Crippen LogP contribution in [0, 0.1) is 0 Å². The molecule has 1 rings (SSSR count). The quantitative estimate of drug-likeness (QED) is 0.698. The van der Waals surface area contributed by atoms with Crippen molar-refractivity contribution in [3.05, 3.63) is 12.4 Å². The number of rotatable bonds is 9. The predicted octanol–water partition coefficient (Wildman–Crippen LogP) is 1.30. The first-order chi connectivity index (χ1) is 9.47. The van der Waals surface area contributed by atoms with Crippen LogP contribution in [0.25, 0.3) is 0 Å². The Hall–Kier alpha value is -0.920. The van der Waals surface area contributed by atoms with E-state index in [-0.39, 0.29) is 10.9 Å². The fourth-order valence-electron chi connectivity index (χ4n) is 2.14. The van der Waals surface area contributed by atoms with Crippen molar-refractivity contribution < 1.29 is 8.42 Å². The predicted molar refractivity (Wildman–Crippen MR) is 80.1 cm³/mol. The van der Waals surface area contributed by atoms with Crippen molar-refractivity contribution in [3.8, 4) is 0 Å². The van der Waals surface area contributed by atoms with Gasteiger partial charge in [-0.1, -0.05) is 20.8 Å². The van der Waals surface area contributed by atoms with Gasteiger partial charge in [0, 0.05) is 25.8 Å². The van der Waals surface area contributed by atoms with E-state index in [2.05, 4.69) is 10.4 Å². The summed E-state index contributed by atoms with van der Waals surface area (Å²) in [5.74, 6) is 0. The molecule has 0 bridgehead atoms. The molecule has 0 aliphatic rings. The van der Waals surface area contributed by atoms with Crippen LogP contribution in [0.5, 0.6) is 0 Å². The van der Waals surface area contributed by atoms with Gasteiger partial charge in [0.25, 0.3) is 0 Å². The van der Waals surface area contributed by atoms with Gasteiger partial charge in [0.2, 0.25) is 10.0 Å². The van der Waals surface area contributed by atoms with Crippen molar-refractivity contribution in [2.45, 2.75) is 51.1 Å². The van der Waals surface area contributed by atoms with Crippen LogP contribution in [-0.2, 0) is 16.6 Å². The van der Waals surface area contributed by atoms with E-state index in [1.165, 1.54) is 10.5 Å². The van der Waals surface area contributed by atoms with Gasteiger partial charge in [0.15, 0.2) is 0 Å². The van der Waals surface area contributed by atoms with E-state index in [9.17, 15) is 8.42 Å². The van der Waals surface area contributed by atoms with Gasteiger partial charge in [0.1, 0.15) is 4.90 Å². The Kier molecular flexibility index (Phi) is 6.64. The number of likely N-dealkylation sites (N-methyl/N-ethyl adjacent to an activating group) is 1. The third kappa shape index (κ3) is 4.04. The van der Waals surface area contributed by atoms with Crippen molar-refractivity contribution in [1.29, 1.82) is 0 Å². The number of hydrogen-bond acceptors (Lipinski definition) is 4. The van der Waals surface area contributed by atoms with Crippen LogP contribution in [-0.4, -0.2) is 48.7 Å². The molecule has 0 atom stereocenters. The van der Waals surface area contributed by atoms with Crippen LogP contribution >= 0.6 is 0 Å². The molecule has 1 N–H and O–H groups in total. The fourth-order valence-corrected chi connectivity index (χ4v) is 3.59. The van der Waals surface area contributed by atoms with Gasteiger partial charge >= 0.3 is 0 Å². The first kappa shape index (κ1) is 17.1. The molecule has 0 radical (unpaired) electrons. The van der Waals surface area contributed by atoms with Crippen LogP contribution in [0.3, 0.4) is 0 Å².